The van der Waals surface area contributed by atoms with Crippen LogP contribution >= 0.6 is 0 Å². The van der Waals surface area contributed by atoms with Gasteiger partial charge in [0.1, 0.15) is 5.75 Å². The van der Waals surface area contributed by atoms with Crippen LogP contribution < -0.4 is 0 Å². The topological polar surface area (TPSA) is 120 Å². The largest absolute Gasteiger partial charge is 0.506 e. The van der Waals surface area contributed by atoms with Gasteiger partial charge in [-0.25, -0.2) is 4.79 Å². The van der Waals surface area contributed by atoms with E-state index in [4.69, 9.17) is 15.3 Å². The highest BCUT2D eigenvalue weighted by Gasteiger charge is 2.16. The highest BCUT2D eigenvalue weighted by Crippen LogP contribution is 2.24. The Morgan fingerprint density at radius 2 is 2.24 bits per heavy atom. The molecule has 17 heavy (non-hydrogen) atoms. The smallest absolute Gasteiger partial charge is 0.360 e. The fourth-order valence-corrected chi connectivity index (χ4v) is 1.23. The molecular weight excluding hydrogens is 230 g/mol. The number of ether oxygens (including phenoxy) is 1. The highest BCUT2D eigenvalue weighted by atomic mass is 16.6. The van der Waals surface area contributed by atoms with Gasteiger partial charge >= 0.3 is 5.97 Å². The molecule has 0 saturated heterocycles. The summed E-state index contributed by atoms with van der Waals surface area (Å²) in [5.41, 5.74) is 0.863. The van der Waals surface area contributed by atoms with Crippen LogP contribution in [0.15, 0.2) is 6.20 Å². The fraction of sp³-hybridized carbons (Fsp3) is 0.400. The normalized spacial score (nSPS) is 12.4. The van der Waals surface area contributed by atoms with E-state index < -0.39 is 18.9 Å². The van der Waals surface area contributed by atoms with Gasteiger partial charge in [0, 0.05) is 17.3 Å². The van der Waals surface area contributed by atoms with E-state index in [1.165, 1.54) is 6.20 Å². The van der Waals surface area contributed by atoms with Gasteiger partial charge in [0.25, 0.3) is 6.29 Å². The lowest BCUT2D eigenvalue weighted by atomic mass is 10.1. The Balaban J connectivity index is 2.85. The molecular formula is C10H13NO6. The van der Waals surface area contributed by atoms with Crippen molar-refractivity contribution < 1.29 is 30.0 Å². The number of nitrogens with zero attached hydrogens (tertiary/aromatic N) is 1. The maximum Gasteiger partial charge on any atom is 0.360 e. The number of aryl methyl sites for hydroxylation is 1. The molecule has 0 radical (unpaired) electrons. The summed E-state index contributed by atoms with van der Waals surface area (Å²) in [6.07, 6.45) is -0.611. The van der Waals surface area contributed by atoms with Crippen LogP contribution in [-0.4, -0.2) is 37.7 Å². The number of hydrogen-bond donors (Lipinski definition) is 4. The van der Waals surface area contributed by atoms with Crippen LogP contribution in [0, 0.1) is 6.92 Å². The summed E-state index contributed by atoms with van der Waals surface area (Å²) < 4.78 is 4.62. The second-order valence-corrected chi connectivity index (χ2v) is 3.36. The zero-order chi connectivity index (χ0) is 13.0. The quantitative estimate of drug-likeness (QED) is 0.515. The van der Waals surface area contributed by atoms with Gasteiger partial charge in [-0.1, -0.05) is 0 Å². The van der Waals surface area contributed by atoms with E-state index in [-0.39, 0.29) is 17.9 Å². The van der Waals surface area contributed by atoms with E-state index in [9.17, 15) is 9.90 Å². The Hall–Kier alpha value is -1.70. The molecule has 0 saturated carbocycles. The molecule has 1 aromatic rings. The Morgan fingerprint density at radius 1 is 1.59 bits per heavy atom. The van der Waals surface area contributed by atoms with Crippen molar-refractivity contribution in [3.8, 4) is 5.75 Å². The molecule has 0 aliphatic rings. The zero-order valence-electron chi connectivity index (χ0n) is 9.12. The third-order valence-electron chi connectivity index (χ3n) is 2.20. The molecule has 0 aliphatic carbocycles. The van der Waals surface area contributed by atoms with E-state index >= 15 is 0 Å². The van der Waals surface area contributed by atoms with Gasteiger partial charge in [0.05, 0.1) is 18.9 Å². The predicted molar refractivity (Wildman–Crippen MR) is 55.0 cm³/mol. The van der Waals surface area contributed by atoms with Gasteiger partial charge in [0.2, 0.25) is 0 Å². The minimum absolute atomic E-state index is 0.168. The van der Waals surface area contributed by atoms with Gasteiger partial charge in [-0.15, -0.1) is 0 Å². The molecule has 1 rings (SSSR count). The average Bonchev–Trinajstić information content (AvgIpc) is 2.30. The van der Waals surface area contributed by atoms with Crippen LogP contribution in [0.1, 0.15) is 16.8 Å². The number of pyridine rings is 1. The molecule has 1 aromatic heterocycles. The van der Waals surface area contributed by atoms with Gasteiger partial charge in [0.15, 0.2) is 0 Å². The van der Waals surface area contributed by atoms with E-state index in [1.807, 2.05) is 0 Å². The van der Waals surface area contributed by atoms with Crippen LogP contribution in [0.4, 0.5) is 0 Å². The number of carboxylic acids is 1. The molecule has 0 fully saturated rings. The van der Waals surface area contributed by atoms with Gasteiger partial charge in [-0.05, 0) is 6.92 Å². The number of carboxylic acid groups (broad SMARTS) is 1. The molecule has 0 aliphatic heterocycles. The van der Waals surface area contributed by atoms with Crippen LogP contribution in [0.5, 0.6) is 5.75 Å². The van der Waals surface area contributed by atoms with Crippen LogP contribution in [0.25, 0.3) is 0 Å². The summed E-state index contributed by atoms with van der Waals surface area (Å²) in [5, 5.41) is 36.0. The number of aromatic nitrogens is 1. The second-order valence-electron chi connectivity index (χ2n) is 3.36. The Labute approximate surface area is 96.9 Å². The summed E-state index contributed by atoms with van der Waals surface area (Å²) in [6, 6.07) is 0. The molecule has 0 aromatic carbocycles. The first-order valence-corrected chi connectivity index (χ1v) is 4.77. The standard InChI is InChI=1S/C10H13NO6/c1-5-8(13)7(3-12)6(2-11-5)4-17-10(16)9(14)15/h2,10,12-13,16H,3-4H2,1H3,(H,14,15)/t10-/m1/s1. The maximum atomic E-state index is 10.3. The first kappa shape index (κ1) is 13.4. The SMILES string of the molecule is Cc1ncc(CO[C@@H](O)C(=O)O)c(CO)c1O. The van der Waals surface area contributed by atoms with Crippen LogP contribution in [0.3, 0.4) is 0 Å². The van der Waals surface area contributed by atoms with Crippen molar-refractivity contribution in [2.45, 2.75) is 26.4 Å². The Kier molecular flexibility index (Phi) is 4.38. The Morgan fingerprint density at radius 3 is 2.76 bits per heavy atom. The zero-order valence-corrected chi connectivity index (χ0v) is 9.12. The Bertz CT molecular complexity index is 420. The number of rotatable bonds is 5. The molecule has 94 valence electrons. The number of hydrogen-bond acceptors (Lipinski definition) is 6. The lowest BCUT2D eigenvalue weighted by Gasteiger charge is -2.12. The number of carbonyl (C=O) groups is 1. The third kappa shape index (κ3) is 3.13. The molecule has 0 spiro atoms. The monoisotopic (exact) mass is 243 g/mol. The number of aromatic hydroxyl groups is 1. The number of aliphatic carboxylic acids is 1. The summed E-state index contributed by atoms with van der Waals surface area (Å²) in [4.78, 5) is 14.1. The highest BCUT2D eigenvalue weighted by molar-refractivity contribution is 5.70. The summed E-state index contributed by atoms with van der Waals surface area (Å²) in [7, 11) is 0. The van der Waals surface area contributed by atoms with Crippen molar-refractivity contribution in [3.05, 3.63) is 23.0 Å². The predicted octanol–water partition coefficient (Wildman–Crippen LogP) is -0.492. The van der Waals surface area contributed by atoms with E-state index in [0.29, 0.717) is 11.3 Å². The van der Waals surface area contributed by atoms with Crippen molar-refractivity contribution in [2.75, 3.05) is 0 Å². The lowest BCUT2D eigenvalue weighted by Crippen LogP contribution is -2.23. The molecule has 4 N–H and O–H groups in total. The van der Waals surface area contributed by atoms with Crippen molar-refractivity contribution >= 4 is 5.97 Å². The van der Waals surface area contributed by atoms with Gasteiger partial charge in [-0.2, -0.15) is 0 Å². The summed E-state index contributed by atoms with van der Waals surface area (Å²) in [5.74, 6) is -1.68. The van der Waals surface area contributed by atoms with Crippen LogP contribution in [-0.2, 0) is 22.7 Å². The second kappa shape index (κ2) is 5.58. The van der Waals surface area contributed by atoms with Crippen molar-refractivity contribution in [1.82, 2.24) is 4.98 Å². The van der Waals surface area contributed by atoms with E-state index in [1.54, 1.807) is 6.92 Å². The summed E-state index contributed by atoms with van der Waals surface area (Å²) >= 11 is 0. The molecule has 7 heteroatoms. The molecule has 0 unspecified atom stereocenters. The molecule has 0 bridgehead atoms. The molecule has 1 heterocycles. The fourth-order valence-electron chi connectivity index (χ4n) is 1.23. The lowest BCUT2D eigenvalue weighted by molar-refractivity contribution is -0.178. The number of aliphatic hydroxyl groups excluding tert-OH is 2. The third-order valence-corrected chi connectivity index (χ3v) is 2.20. The minimum atomic E-state index is -1.95. The van der Waals surface area contributed by atoms with Crippen LogP contribution in [0.2, 0.25) is 0 Å². The van der Waals surface area contributed by atoms with Crippen molar-refractivity contribution in [1.29, 1.82) is 0 Å². The maximum absolute atomic E-state index is 10.3. The average molecular weight is 243 g/mol. The van der Waals surface area contributed by atoms with Crippen molar-refractivity contribution in [2.24, 2.45) is 0 Å². The first-order chi connectivity index (χ1) is 7.97. The van der Waals surface area contributed by atoms with Crippen molar-refractivity contribution in [3.63, 3.8) is 0 Å². The molecule has 0 amide bonds. The van der Waals surface area contributed by atoms with Gasteiger partial charge < -0.3 is 25.2 Å². The molecule has 1 atom stereocenters. The minimum Gasteiger partial charge on any atom is -0.506 e. The summed E-state index contributed by atoms with van der Waals surface area (Å²) in [6.45, 7) is 0.854. The molecule has 7 nitrogen and oxygen atoms in total. The first-order valence-electron chi connectivity index (χ1n) is 4.77. The van der Waals surface area contributed by atoms with E-state index in [2.05, 4.69) is 9.72 Å². The van der Waals surface area contributed by atoms with E-state index in [0.717, 1.165) is 0 Å². The number of aliphatic hydroxyl groups is 2. The van der Waals surface area contributed by atoms with Gasteiger partial charge in [-0.3, -0.25) is 4.98 Å².